The van der Waals surface area contributed by atoms with E-state index in [1.165, 1.54) is 13.5 Å². The average molecular weight is 461 g/mol. The van der Waals surface area contributed by atoms with Crippen LogP contribution < -0.4 is 4.74 Å². The molecule has 33 heavy (non-hydrogen) atoms. The standard InChI is InChI=1S/C28H35F3O2/c1-3-18-4-6-20(7-5-18)24-14-10-22(27(30)28(24)31)17-33-23-12-8-19(9-13-23)21-11-15-26(32-2)25(29)16-21/h10-11,14-16,18-20,23H,3-9,12-13,17H2,1-2H3. The van der Waals surface area contributed by atoms with Crippen LogP contribution in [-0.2, 0) is 11.3 Å². The third-order valence-electron chi connectivity index (χ3n) is 7.85. The number of methoxy groups -OCH3 is 1. The number of benzene rings is 2. The van der Waals surface area contributed by atoms with Crippen LogP contribution in [0.4, 0.5) is 13.2 Å². The minimum absolute atomic E-state index is 0.0100. The van der Waals surface area contributed by atoms with Crippen LogP contribution in [0.3, 0.4) is 0 Å². The van der Waals surface area contributed by atoms with Gasteiger partial charge >= 0.3 is 0 Å². The Kier molecular flexibility index (Phi) is 8.00. The lowest BCUT2D eigenvalue weighted by molar-refractivity contribution is 0.0118. The number of hydrogen-bond donors (Lipinski definition) is 0. The molecule has 0 radical (unpaired) electrons. The second-order valence-electron chi connectivity index (χ2n) is 9.75. The number of hydrogen-bond acceptors (Lipinski definition) is 2. The maximum absolute atomic E-state index is 14.8. The molecule has 0 aliphatic heterocycles. The third-order valence-corrected chi connectivity index (χ3v) is 7.85. The van der Waals surface area contributed by atoms with E-state index in [0.29, 0.717) is 5.56 Å². The van der Waals surface area contributed by atoms with E-state index in [9.17, 15) is 13.2 Å². The molecule has 2 aliphatic rings. The molecule has 0 spiro atoms. The lowest BCUT2D eigenvalue weighted by Crippen LogP contribution is -2.21. The van der Waals surface area contributed by atoms with Crippen LogP contribution in [-0.4, -0.2) is 13.2 Å². The third kappa shape index (κ3) is 5.56. The molecule has 180 valence electrons. The van der Waals surface area contributed by atoms with Gasteiger partial charge in [0.25, 0.3) is 0 Å². The molecule has 0 bridgehead atoms. The van der Waals surface area contributed by atoms with E-state index < -0.39 is 11.6 Å². The Balaban J connectivity index is 1.30. The average Bonchev–Trinajstić information content (AvgIpc) is 2.85. The van der Waals surface area contributed by atoms with Gasteiger partial charge in [0, 0.05) is 5.56 Å². The first-order valence-electron chi connectivity index (χ1n) is 12.4. The second kappa shape index (κ2) is 10.9. The largest absolute Gasteiger partial charge is 0.494 e. The molecule has 0 heterocycles. The first-order chi connectivity index (χ1) is 16.0. The zero-order chi connectivity index (χ0) is 23.4. The van der Waals surface area contributed by atoms with Crippen molar-refractivity contribution in [2.45, 2.75) is 89.3 Å². The lowest BCUT2D eigenvalue weighted by atomic mass is 9.77. The van der Waals surface area contributed by atoms with Gasteiger partial charge in [-0.25, -0.2) is 13.2 Å². The van der Waals surface area contributed by atoms with Gasteiger partial charge in [-0.05, 0) is 92.4 Å². The maximum Gasteiger partial charge on any atom is 0.165 e. The SMILES string of the molecule is CCC1CCC(c2ccc(COC3CCC(c4ccc(OC)c(F)c4)CC3)c(F)c2F)CC1. The molecule has 2 fully saturated rings. The lowest BCUT2D eigenvalue weighted by Gasteiger charge is -2.29. The molecule has 2 aromatic rings. The van der Waals surface area contributed by atoms with Crippen molar-refractivity contribution in [3.63, 3.8) is 0 Å². The summed E-state index contributed by atoms with van der Waals surface area (Å²) in [4.78, 5) is 0. The molecule has 2 aromatic carbocycles. The fraction of sp³-hybridized carbons (Fsp3) is 0.571. The fourth-order valence-corrected chi connectivity index (χ4v) is 5.62. The van der Waals surface area contributed by atoms with Crippen LogP contribution >= 0.6 is 0 Å². The molecule has 0 saturated heterocycles. The van der Waals surface area contributed by atoms with Gasteiger partial charge in [0.1, 0.15) is 0 Å². The van der Waals surface area contributed by atoms with Gasteiger partial charge in [-0.2, -0.15) is 0 Å². The van der Waals surface area contributed by atoms with Crippen molar-refractivity contribution >= 4 is 0 Å². The van der Waals surface area contributed by atoms with Crippen LogP contribution in [0.25, 0.3) is 0 Å². The summed E-state index contributed by atoms with van der Waals surface area (Å²) < 4.78 is 54.6. The second-order valence-corrected chi connectivity index (χ2v) is 9.75. The highest BCUT2D eigenvalue weighted by Crippen LogP contribution is 2.39. The normalized spacial score (nSPS) is 25.7. The van der Waals surface area contributed by atoms with Crippen LogP contribution in [0.2, 0.25) is 0 Å². The summed E-state index contributed by atoms with van der Waals surface area (Å²) in [5.74, 6) is -0.413. The van der Waals surface area contributed by atoms with E-state index >= 15 is 0 Å². The Hall–Kier alpha value is -2.01. The summed E-state index contributed by atoms with van der Waals surface area (Å²) >= 11 is 0. The smallest absolute Gasteiger partial charge is 0.165 e. The predicted molar refractivity (Wildman–Crippen MR) is 124 cm³/mol. The molecular weight excluding hydrogens is 425 g/mol. The van der Waals surface area contributed by atoms with E-state index in [2.05, 4.69) is 6.92 Å². The Bertz CT molecular complexity index is 929. The van der Waals surface area contributed by atoms with Gasteiger partial charge in [-0.15, -0.1) is 0 Å². The van der Waals surface area contributed by atoms with Crippen molar-refractivity contribution < 1.29 is 22.6 Å². The van der Waals surface area contributed by atoms with Crippen molar-refractivity contribution in [2.75, 3.05) is 7.11 Å². The van der Waals surface area contributed by atoms with Gasteiger partial charge in [0.05, 0.1) is 19.8 Å². The minimum atomic E-state index is -0.757. The van der Waals surface area contributed by atoms with E-state index in [1.54, 1.807) is 24.3 Å². The molecule has 0 aromatic heterocycles. The highest BCUT2D eigenvalue weighted by Gasteiger charge is 2.27. The van der Waals surface area contributed by atoms with Crippen LogP contribution in [0.15, 0.2) is 30.3 Å². The Morgan fingerprint density at radius 2 is 1.52 bits per heavy atom. The summed E-state index contributed by atoms with van der Waals surface area (Å²) in [6.07, 6.45) is 8.65. The van der Waals surface area contributed by atoms with E-state index in [1.807, 2.05) is 6.07 Å². The van der Waals surface area contributed by atoms with E-state index in [0.717, 1.165) is 62.8 Å². The Morgan fingerprint density at radius 3 is 2.15 bits per heavy atom. The van der Waals surface area contributed by atoms with Crippen molar-refractivity contribution in [1.82, 2.24) is 0 Å². The zero-order valence-corrected chi connectivity index (χ0v) is 19.7. The molecule has 0 amide bonds. The summed E-state index contributed by atoms with van der Waals surface area (Å²) in [6, 6.07) is 8.61. The summed E-state index contributed by atoms with van der Waals surface area (Å²) in [5, 5.41) is 0. The van der Waals surface area contributed by atoms with Crippen molar-refractivity contribution in [2.24, 2.45) is 5.92 Å². The minimum Gasteiger partial charge on any atom is -0.494 e. The predicted octanol–water partition coefficient (Wildman–Crippen LogP) is 8.04. The Morgan fingerprint density at radius 1 is 0.818 bits per heavy atom. The summed E-state index contributed by atoms with van der Waals surface area (Å²) in [5.41, 5.74) is 1.79. The first-order valence-corrected chi connectivity index (χ1v) is 12.4. The molecule has 4 rings (SSSR count). The summed E-state index contributed by atoms with van der Waals surface area (Å²) in [7, 11) is 1.46. The van der Waals surface area contributed by atoms with Gasteiger partial charge in [0.2, 0.25) is 0 Å². The van der Waals surface area contributed by atoms with Crippen molar-refractivity contribution in [3.05, 3.63) is 64.5 Å². The molecule has 0 N–H and O–H groups in total. The number of rotatable bonds is 7. The first kappa shape index (κ1) is 24.1. The van der Waals surface area contributed by atoms with Crippen molar-refractivity contribution in [3.8, 4) is 5.75 Å². The quantitative estimate of drug-likeness (QED) is 0.416. The van der Waals surface area contributed by atoms with Crippen molar-refractivity contribution in [1.29, 1.82) is 0 Å². The van der Waals surface area contributed by atoms with Crippen LogP contribution in [0, 0.1) is 23.4 Å². The molecule has 2 nitrogen and oxygen atoms in total. The molecule has 0 unspecified atom stereocenters. The van der Waals surface area contributed by atoms with Gasteiger partial charge < -0.3 is 9.47 Å². The molecular formula is C28H35F3O2. The zero-order valence-electron chi connectivity index (χ0n) is 19.7. The molecule has 0 atom stereocenters. The molecule has 2 aliphatic carbocycles. The number of halogens is 3. The fourth-order valence-electron chi connectivity index (χ4n) is 5.62. The van der Waals surface area contributed by atoms with Gasteiger partial charge in [-0.3, -0.25) is 0 Å². The summed E-state index contributed by atoms with van der Waals surface area (Å²) in [6.45, 7) is 2.28. The molecule has 2 saturated carbocycles. The van der Waals surface area contributed by atoms with Crippen LogP contribution in [0.1, 0.15) is 93.2 Å². The molecule has 5 heteroatoms. The van der Waals surface area contributed by atoms with Crippen LogP contribution in [0.5, 0.6) is 5.75 Å². The van der Waals surface area contributed by atoms with E-state index in [-0.39, 0.29) is 41.7 Å². The highest BCUT2D eigenvalue weighted by molar-refractivity contribution is 5.32. The Labute approximate surface area is 195 Å². The maximum atomic E-state index is 14.8. The van der Waals surface area contributed by atoms with E-state index in [4.69, 9.17) is 9.47 Å². The number of ether oxygens (including phenoxy) is 2. The monoisotopic (exact) mass is 460 g/mol. The van der Waals surface area contributed by atoms with Gasteiger partial charge in [0.15, 0.2) is 23.2 Å². The topological polar surface area (TPSA) is 18.5 Å². The highest BCUT2D eigenvalue weighted by atomic mass is 19.2. The van der Waals surface area contributed by atoms with Gasteiger partial charge in [-0.1, -0.05) is 31.5 Å².